The summed E-state index contributed by atoms with van der Waals surface area (Å²) >= 11 is 1.30. The quantitative estimate of drug-likeness (QED) is 0.228. The molecular weight excluding hydrogens is 673 g/mol. The van der Waals surface area contributed by atoms with E-state index in [-0.39, 0.29) is 30.4 Å². The first-order valence-electron chi connectivity index (χ1n) is 17.4. The Kier molecular flexibility index (Phi) is 11.1. The molecule has 2 aliphatic rings. The van der Waals surface area contributed by atoms with Gasteiger partial charge in [0.05, 0.1) is 24.9 Å². The molecule has 0 spiro atoms. The smallest absolute Gasteiger partial charge is 0.408 e. The van der Waals surface area contributed by atoms with Crippen molar-refractivity contribution in [2.24, 2.45) is 16.6 Å². The fraction of sp³-hybridized carbons (Fsp3) is 0.568. The van der Waals surface area contributed by atoms with Gasteiger partial charge in [-0.3, -0.25) is 14.4 Å². The predicted octanol–water partition coefficient (Wildman–Crippen LogP) is 5.97. The molecule has 4 N–H and O–H groups in total. The molecule has 14 heteroatoms. The summed E-state index contributed by atoms with van der Waals surface area (Å²) in [6.07, 6.45) is 2.65. The van der Waals surface area contributed by atoms with Crippen LogP contribution in [0.5, 0.6) is 11.5 Å². The lowest BCUT2D eigenvalue weighted by Gasteiger charge is -2.34. The van der Waals surface area contributed by atoms with E-state index in [4.69, 9.17) is 24.9 Å². The number of fused-ring (bicyclic) bond motifs is 1. The molecule has 5 rings (SSSR count). The van der Waals surface area contributed by atoms with Crippen molar-refractivity contribution in [2.45, 2.75) is 111 Å². The van der Waals surface area contributed by atoms with Crippen molar-refractivity contribution in [2.75, 3.05) is 19.0 Å². The van der Waals surface area contributed by atoms with Gasteiger partial charge in [0, 0.05) is 35.2 Å². The van der Waals surface area contributed by atoms with Crippen LogP contribution >= 0.6 is 11.3 Å². The highest BCUT2D eigenvalue weighted by molar-refractivity contribution is 7.14. The predicted molar refractivity (Wildman–Crippen MR) is 196 cm³/mol. The Morgan fingerprint density at radius 1 is 1.02 bits per heavy atom. The van der Waals surface area contributed by atoms with Crippen molar-refractivity contribution in [1.29, 1.82) is 0 Å². The van der Waals surface area contributed by atoms with E-state index in [1.54, 1.807) is 13.2 Å². The molecule has 1 saturated heterocycles. The Labute approximate surface area is 303 Å². The zero-order valence-electron chi connectivity index (χ0n) is 30.8. The van der Waals surface area contributed by atoms with E-state index in [2.05, 4.69) is 15.6 Å². The van der Waals surface area contributed by atoms with Gasteiger partial charge in [0.25, 0.3) is 0 Å². The number of nitrogens with two attached hydrogens (primary N) is 1. The maximum Gasteiger partial charge on any atom is 0.408 e. The van der Waals surface area contributed by atoms with E-state index in [9.17, 15) is 19.2 Å². The molecule has 0 unspecified atom stereocenters. The number of aryl methyl sites for hydroxylation is 1. The SMILES string of the molecule is COc1ccc2c(O[C@@H]3C[C@@H](C(N)=O)N(C(=O)[C@@H](NC(=O)OC4CCCC4)C(C)(C)C)C3)cc(-c3csc(NC(=O)CC(C)(C)C)n3)nc2c1C. The van der Waals surface area contributed by atoms with Crippen molar-refractivity contribution < 1.29 is 33.4 Å². The number of carbonyl (C=O) groups is 4. The number of hydrogen-bond donors (Lipinski definition) is 3. The fourth-order valence-electron chi connectivity index (χ4n) is 6.62. The van der Waals surface area contributed by atoms with Gasteiger partial charge in [-0.1, -0.05) is 41.5 Å². The van der Waals surface area contributed by atoms with Gasteiger partial charge in [-0.25, -0.2) is 14.8 Å². The van der Waals surface area contributed by atoms with Crippen LogP contribution in [0.4, 0.5) is 9.93 Å². The van der Waals surface area contributed by atoms with Gasteiger partial charge < -0.3 is 35.5 Å². The van der Waals surface area contributed by atoms with E-state index in [0.717, 1.165) is 31.2 Å². The summed E-state index contributed by atoms with van der Waals surface area (Å²) in [4.78, 5) is 63.4. The number of primary amides is 1. The second-order valence-corrected chi connectivity index (χ2v) is 16.6. The summed E-state index contributed by atoms with van der Waals surface area (Å²) in [6.45, 7) is 13.5. The summed E-state index contributed by atoms with van der Waals surface area (Å²) < 4.78 is 17.8. The molecular formula is C37H50N6O7S. The van der Waals surface area contributed by atoms with Crippen LogP contribution in [0.15, 0.2) is 23.6 Å². The molecule has 4 amide bonds. The number of rotatable bonds is 10. The largest absolute Gasteiger partial charge is 0.496 e. The third-order valence-corrected chi connectivity index (χ3v) is 9.95. The molecule has 3 aromatic rings. The van der Waals surface area contributed by atoms with Crippen LogP contribution in [0.2, 0.25) is 0 Å². The molecule has 3 heterocycles. The Bertz CT molecular complexity index is 1790. The molecule has 51 heavy (non-hydrogen) atoms. The molecule has 1 aliphatic carbocycles. The molecule has 1 aliphatic heterocycles. The van der Waals surface area contributed by atoms with Gasteiger partial charge >= 0.3 is 6.09 Å². The molecule has 2 fully saturated rings. The minimum absolute atomic E-state index is 0.0628. The summed E-state index contributed by atoms with van der Waals surface area (Å²) in [5, 5.41) is 8.63. The van der Waals surface area contributed by atoms with Crippen LogP contribution in [0.25, 0.3) is 22.3 Å². The Hall–Kier alpha value is -4.46. The standard InChI is InChI=1S/C37H50N6O7S/c1-20-27(48-8)14-13-23-28(16-24(39-30(20)23)25-19-51-34(40-25)41-29(44)17-36(2,3)4)49-22-15-26(32(38)45)43(18-22)33(46)31(37(5,6)7)42-35(47)50-21-11-9-10-12-21/h13-14,16,19,21-22,26,31H,9-12,15,17-18H2,1-8H3,(H2,38,45)(H,42,47)(H,40,41,44)/t22-,26+,31-/m1/s1. The fourth-order valence-corrected chi connectivity index (χ4v) is 7.34. The number of methoxy groups -OCH3 is 1. The van der Waals surface area contributed by atoms with Crippen LogP contribution in [0, 0.1) is 17.8 Å². The Morgan fingerprint density at radius 3 is 2.35 bits per heavy atom. The molecule has 1 aromatic carbocycles. The highest BCUT2D eigenvalue weighted by Crippen LogP contribution is 2.38. The van der Waals surface area contributed by atoms with E-state index in [1.165, 1.54) is 16.2 Å². The number of hydrogen-bond acceptors (Lipinski definition) is 10. The number of carbonyl (C=O) groups excluding carboxylic acids is 4. The third-order valence-electron chi connectivity index (χ3n) is 9.19. The highest BCUT2D eigenvalue weighted by atomic mass is 32.1. The van der Waals surface area contributed by atoms with Gasteiger partial charge in [-0.2, -0.15) is 0 Å². The zero-order valence-corrected chi connectivity index (χ0v) is 31.6. The lowest BCUT2D eigenvalue weighted by Crippen LogP contribution is -2.57. The second-order valence-electron chi connectivity index (χ2n) is 15.8. The number of nitrogens with one attached hydrogen (secondary N) is 2. The molecule has 13 nitrogen and oxygen atoms in total. The van der Waals surface area contributed by atoms with Crippen LogP contribution in [0.3, 0.4) is 0 Å². The number of benzene rings is 1. The van der Waals surface area contributed by atoms with Crippen molar-refractivity contribution in [3.05, 3.63) is 29.1 Å². The summed E-state index contributed by atoms with van der Waals surface area (Å²) in [5.74, 6) is -0.117. The Balaban J connectivity index is 1.42. The van der Waals surface area contributed by atoms with Crippen LogP contribution < -0.4 is 25.8 Å². The number of ether oxygens (including phenoxy) is 3. The minimum atomic E-state index is -0.974. The summed E-state index contributed by atoms with van der Waals surface area (Å²) in [7, 11) is 1.59. The first-order chi connectivity index (χ1) is 23.9. The number of amides is 4. The van der Waals surface area contributed by atoms with E-state index in [1.807, 2.05) is 66.0 Å². The number of aromatic nitrogens is 2. The number of pyridine rings is 1. The second kappa shape index (κ2) is 15.0. The first-order valence-corrected chi connectivity index (χ1v) is 18.3. The third kappa shape index (κ3) is 9.07. The average molecular weight is 723 g/mol. The van der Waals surface area contributed by atoms with Crippen molar-refractivity contribution in [3.8, 4) is 22.9 Å². The molecule has 0 bridgehead atoms. The lowest BCUT2D eigenvalue weighted by molar-refractivity contribution is -0.141. The Morgan fingerprint density at radius 2 is 1.73 bits per heavy atom. The minimum Gasteiger partial charge on any atom is -0.496 e. The lowest BCUT2D eigenvalue weighted by atomic mass is 9.85. The van der Waals surface area contributed by atoms with Crippen molar-refractivity contribution in [3.63, 3.8) is 0 Å². The molecule has 1 saturated carbocycles. The molecule has 2 aromatic heterocycles. The van der Waals surface area contributed by atoms with Crippen LogP contribution in [-0.4, -0.2) is 76.6 Å². The number of alkyl carbamates (subject to hydrolysis) is 1. The van der Waals surface area contributed by atoms with Crippen molar-refractivity contribution >= 4 is 51.2 Å². The van der Waals surface area contributed by atoms with Gasteiger partial charge in [-0.15, -0.1) is 11.3 Å². The summed E-state index contributed by atoms with van der Waals surface area (Å²) in [6, 6.07) is 3.53. The molecule has 3 atom stereocenters. The van der Waals surface area contributed by atoms with E-state index < -0.39 is 41.5 Å². The monoisotopic (exact) mass is 722 g/mol. The van der Waals surface area contributed by atoms with E-state index in [0.29, 0.717) is 45.3 Å². The first kappa shape index (κ1) is 37.8. The summed E-state index contributed by atoms with van der Waals surface area (Å²) in [5.41, 5.74) is 7.45. The number of nitrogens with zero attached hydrogens (tertiary/aromatic N) is 3. The van der Waals surface area contributed by atoms with Gasteiger partial charge in [0.2, 0.25) is 17.7 Å². The van der Waals surface area contributed by atoms with Gasteiger partial charge in [-0.05, 0) is 55.6 Å². The average Bonchev–Trinajstić information content (AvgIpc) is 3.80. The zero-order chi connectivity index (χ0) is 37.2. The topological polar surface area (TPSA) is 175 Å². The maximum absolute atomic E-state index is 14.1. The number of thiazole rings is 1. The number of likely N-dealkylation sites (tertiary alicyclic amines) is 1. The highest BCUT2D eigenvalue weighted by Gasteiger charge is 2.45. The van der Waals surface area contributed by atoms with Gasteiger partial charge in [0.15, 0.2) is 5.13 Å². The number of anilines is 1. The van der Waals surface area contributed by atoms with Gasteiger partial charge in [0.1, 0.15) is 41.5 Å². The van der Waals surface area contributed by atoms with Crippen molar-refractivity contribution in [1.82, 2.24) is 20.2 Å². The van der Waals surface area contributed by atoms with E-state index >= 15 is 0 Å². The van der Waals surface area contributed by atoms with Crippen LogP contribution in [-0.2, 0) is 19.1 Å². The molecule has 276 valence electrons. The van der Waals surface area contributed by atoms with Crippen LogP contribution in [0.1, 0.15) is 85.6 Å². The molecule has 0 radical (unpaired) electrons. The normalized spacial score (nSPS) is 18.8. The maximum atomic E-state index is 14.1.